The average Bonchev–Trinajstić information content (AvgIpc) is 3.09. The molecular weight excluding hydrogens is 290 g/mol. The van der Waals surface area contributed by atoms with E-state index in [0.29, 0.717) is 13.0 Å². The lowest BCUT2D eigenvalue weighted by Crippen LogP contribution is -2.24. The summed E-state index contributed by atoms with van der Waals surface area (Å²) in [6, 6.07) is 20.7. The van der Waals surface area contributed by atoms with Crippen LogP contribution in [-0.4, -0.2) is 5.91 Å². The van der Waals surface area contributed by atoms with E-state index in [9.17, 15) is 4.79 Å². The predicted molar refractivity (Wildman–Crippen MR) is 87.2 cm³/mol. The molecule has 1 aromatic heterocycles. The Hall–Kier alpha value is -3.01. The van der Waals surface area contributed by atoms with Gasteiger partial charge < -0.3 is 14.5 Å². The minimum Gasteiger partial charge on any atom is -0.467 e. The van der Waals surface area contributed by atoms with Crippen LogP contribution >= 0.6 is 0 Å². The number of para-hydroxylation sites is 1. The molecule has 0 spiro atoms. The van der Waals surface area contributed by atoms with E-state index in [1.807, 2.05) is 60.7 Å². The summed E-state index contributed by atoms with van der Waals surface area (Å²) in [4.78, 5) is 11.9. The maximum Gasteiger partial charge on any atom is 0.224 e. The van der Waals surface area contributed by atoms with Gasteiger partial charge in [0.25, 0.3) is 0 Å². The van der Waals surface area contributed by atoms with E-state index in [0.717, 1.165) is 22.8 Å². The van der Waals surface area contributed by atoms with Crippen LogP contribution in [0.15, 0.2) is 77.4 Å². The van der Waals surface area contributed by atoms with Gasteiger partial charge in [-0.2, -0.15) is 0 Å². The van der Waals surface area contributed by atoms with E-state index in [1.165, 1.54) is 0 Å². The molecule has 0 bridgehead atoms. The Bertz CT molecular complexity index is 734. The van der Waals surface area contributed by atoms with Crippen LogP contribution in [0.5, 0.6) is 11.5 Å². The molecule has 0 aliphatic carbocycles. The van der Waals surface area contributed by atoms with Gasteiger partial charge in [-0.3, -0.25) is 4.79 Å². The Morgan fingerprint density at radius 2 is 1.65 bits per heavy atom. The molecule has 23 heavy (non-hydrogen) atoms. The van der Waals surface area contributed by atoms with Crippen molar-refractivity contribution in [3.05, 3.63) is 84.3 Å². The van der Waals surface area contributed by atoms with E-state index in [-0.39, 0.29) is 5.91 Å². The fraction of sp³-hybridized carbons (Fsp3) is 0.105. The minimum absolute atomic E-state index is 0.0434. The van der Waals surface area contributed by atoms with Gasteiger partial charge in [0.2, 0.25) is 5.91 Å². The summed E-state index contributed by atoms with van der Waals surface area (Å²) in [6.07, 6.45) is 1.92. The van der Waals surface area contributed by atoms with Gasteiger partial charge in [-0.15, -0.1) is 0 Å². The molecule has 2 aromatic carbocycles. The zero-order valence-corrected chi connectivity index (χ0v) is 12.6. The Balaban J connectivity index is 1.51. The third-order valence-electron chi connectivity index (χ3n) is 3.31. The Labute approximate surface area is 134 Å². The number of carbonyl (C=O) groups excluding carboxylic acids is 1. The zero-order chi connectivity index (χ0) is 15.9. The number of benzene rings is 2. The first kappa shape index (κ1) is 14.9. The second-order valence-corrected chi connectivity index (χ2v) is 5.09. The molecular formula is C19H17NO3. The number of amides is 1. The van der Waals surface area contributed by atoms with Crippen LogP contribution in [0.3, 0.4) is 0 Å². The number of carbonyl (C=O) groups is 1. The molecule has 0 unspecified atom stereocenters. The lowest BCUT2D eigenvalue weighted by atomic mass is 10.1. The summed E-state index contributed by atoms with van der Waals surface area (Å²) in [5, 5.41) is 2.82. The Morgan fingerprint density at radius 1 is 0.913 bits per heavy atom. The third-order valence-corrected chi connectivity index (χ3v) is 3.31. The highest BCUT2D eigenvalue weighted by molar-refractivity contribution is 5.78. The van der Waals surface area contributed by atoms with Gasteiger partial charge in [0, 0.05) is 0 Å². The number of ether oxygens (including phenoxy) is 1. The highest BCUT2D eigenvalue weighted by Gasteiger charge is 2.05. The van der Waals surface area contributed by atoms with Crippen LogP contribution < -0.4 is 10.1 Å². The molecule has 1 heterocycles. The van der Waals surface area contributed by atoms with Crippen molar-refractivity contribution in [2.45, 2.75) is 13.0 Å². The maximum absolute atomic E-state index is 11.9. The summed E-state index contributed by atoms with van der Waals surface area (Å²) in [5.41, 5.74) is 0.933. The van der Waals surface area contributed by atoms with Gasteiger partial charge in [-0.05, 0) is 42.0 Å². The van der Waals surface area contributed by atoms with Gasteiger partial charge in [0.1, 0.15) is 17.3 Å². The highest BCUT2D eigenvalue weighted by atomic mass is 16.5. The van der Waals surface area contributed by atoms with Gasteiger partial charge in [-0.25, -0.2) is 0 Å². The first-order valence-electron chi connectivity index (χ1n) is 7.40. The molecule has 1 amide bonds. The van der Waals surface area contributed by atoms with Crippen molar-refractivity contribution in [2.75, 3.05) is 0 Å². The van der Waals surface area contributed by atoms with Crippen molar-refractivity contribution >= 4 is 5.91 Å². The lowest BCUT2D eigenvalue weighted by molar-refractivity contribution is -0.120. The standard InChI is InChI=1S/C19H17NO3/c21-19(20-14-18-7-4-12-22-18)13-15-8-10-17(11-9-15)23-16-5-2-1-3-6-16/h1-12H,13-14H2,(H,20,21). The molecule has 0 saturated heterocycles. The van der Waals surface area contributed by atoms with Crippen LogP contribution in [0.4, 0.5) is 0 Å². The van der Waals surface area contributed by atoms with Crippen LogP contribution in [0.2, 0.25) is 0 Å². The molecule has 3 rings (SSSR count). The highest BCUT2D eigenvalue weighted by Crippen LogP contribution is 2.21. The van der Waals surface area contributed by atoms with Crippen molar-refractivity contribution in [1.29, 1.82) is 0 Å². The van der Waals surface area contributed by atoms with Crippen LogP contribution in [0.1, 0.15) is 11.3 Å². The van der Waals surface area contributed by atoms with Gasteiger partial charge in [0.05, 0.1) is 19.2 Å². The van der Waals surface area contributed by atoms with Crippen LogP contribution in [0.25, 0.3) is 0 Å². The van der Waals surface area contributed by atoms with E-state index >= 15 is 0 Å². The molecule has 0 saturated carbocycles. The first-order valence-corrected chi connectivity index (χ1v) is 7.40. The Kier molecular flexibility index (Phi) is 4.74. The van der Waals surface area contributed by atoms with Gasteiger partial charge in [0.15, 0.2) is 0 Å². The van der Waals surface area contributed by atoms with Crippen molar-refractivity contribution in [2.24, 2.45) is 0 Å². The summed E-state index contributed by atoms with van der Waals surface area (Å²) in [6.45, 7) is 0.404. The second-order valence-electron chi connectivity index (χ2n) is 5.09. The fourth-order valence-corrected chi connectivity index (χ4v) is 2.15. The zero-order valence-electron chi connectivity index (χ0n) is 12.6. The van der Waals surface area contributed by atoms with Gasteiger partial charge in [-0.1, -0.05) is 30.3 Å². The van der Waals surface area contributed by atoms with Crippen molar-refractivity contribution in [1.82, 2.24) is 5.32 Å². The summed E-state index contributed by atoms with van der Waals surface area (Å²) >= 11 is 0. The third kappa shape index (κ3) is 4.48. The van der Waals surface area contributed by atoms with Crippen LogP contribution in [0, 0.1) is 0 Å². The number of hydrogen-bond donors (Lipinski definition) is 1. The monoisotopic (exact) mass is 307 g/mol. The SMILES string of the molecule is O=C(Cc1ccc(Oc2ccccc2)cc1)NCc1ccco1. The normalized spacial score (nSPS) is 10.3. The second kappa shape index (κ2) is 7.31. The quantitative estimate of drug-likeness (QED) is 0.750. The van der Waals surface area contributed by atoms with E-state index in [1.54, 1.807) is 12.3 Å². The number of hydrogen-bond acceptors (Lipinski definition) is 3. The molecule has 0 fully saturated rings. The fourth-order valence-electron chi connectivity index (χ4n) is 2.15. The molecule has 0 aliphatic rings. The number of rotatable bonds is 6. The largest absolute Gasteiger partial charge is 0.467 e. The predicted octanol–water partition coefficient (Wildman–Crippen LogP) is 3.93. The average molecular weight is 307 g/mol. The molecule has 4 nitrogen and oxygen atoms in total. The maximum atomic E-state index is 11.9. The topological polar surface area (TPSA) is 51.5 Å². The smallest absolute Gasteiger partial charge is 0.224 e. The van der Waals surface area contributed by atoms with Crippen molar-refractivity contribution in [3.63, 3.8) is 0 Å². The number of nitrogens with one attached hydrogen (secondary N) is 1. The number of furan rings is 1. The summed E-state index contributed by atoms with van der Waals surface area (Å²) in [7, 11) is 0. The summed E-state index contributed by atoms with van der Waals surface area (Å²) in [5.74, 6) is 2.23. The van der Waals surface area contributed by atoms with E-state index in [2.05, 4.69) is 5.32 Å². The molecule has 1 N–H and O–H groups in total. The van der Waals surface area contributed by atoms with Gasteiger partial charge >= 0.3 is 0 Å². The molecule has 3 aromatic rings. The summed E-state index contributed by atoms with van der Waals surface area (Å²) < 4.78 is 10.9. The van der Waals surface area contributed by atoms with Crippen LogP contribution in [-0.2, 0) is 17.8 Å². The van der Waals surface area contributed by atoms with Crippen molar-refractivity contribution < 1.29 is 13.9 Å². The molecule has 0 radical (unpaired) electrons. The van der Waals surface area contributed by atoms with E-state index in [4.69, 9.17) is 9.15 Å². The molecule has 4 heteroatoms. The molecule has 0 aliphatic heterocycles. The molecule has 116 valence electrons. The lowest BCUT2D eigenvalue weighted by Gasteiger charge is -2.07. The molecule has 0 atom stereocenters. The van der Waals surface area contributed by atoms with E-state index < -0.39 is 0 Å². The Morgan fingerprint density at radius 3 is 2.35 bits per heavy atom. The minimum atomic E-state index is -0.0434. The first-order chi connectivity index (χ1) is 11.3. The van der Waals surface area contributed by atoms with Crippen molar-refractivity contribution in [3.8, 4) is 11.5 Å².